The van der Waals surface area contributed by atoms with Crippen LogP contribution in [0.15, 0.2) is 12.1 Å². The normalized spacial score (nSPS) is 10.7. The molecule has 0 saturated heterocycles. The van der Waals surface area contributed by atoms with Gasteiger partial charge in [0.2, 0.25) is 11.6 Å². The molecule has 112 valence electrons. The van der Waals surface area contributed by atoms with Gasteiger partial charge in [0.1, 0.15) is 0 Å². The van der Waals surface area contributed by atoms with Crippen molar-refractivity contribution in [2.75, 3.05) is 0 Å². The Labute approximate surface area is 138 Å². The molecule has 9 heteroatoms. The number of nitro groups is 1. The zero-order valence-electron chi connectivity index (χ0n) is 11.1. The van der Waals surface area contributed by atoms with Gasteiger partial charge in [0.25, 0.3) is 0 Å². The van der Waals surface area contributed by atoms with Crippen LogP contribution in [0.1, 0.15) is 11.3 Å². The van der Waals surface area contributed by atoms with Crippen LogP contribution < -0.4 is 4.74 Å². The average Bonchev–Trinajstić information content (AvgIpc) is 2.67. The van der Waals surface area contributed by atoms with Crippen LogP contribution in [0.3, 0.4) is 0 Å². The fourth-order valence-corrected chi connectivity index (χ4v) is 2.77. The molecule has 0 saturated carbocycles. The molecule has 0 aliphatic carbocycles. The van der Waals surface area contributed by atoms with Gasteiger partial charge in [-0.2, -0.15) is 5.10 Å². The lowest BCUT2D eigenvalue weighted by atomic mass is 10.2. The molecule has 2 aromatic rings. The second-order valence-corrected chi connectivity index (χ2v) is 5.59. The van der Waals surface area contributed by atoms with Crippen molar-refractivity contribution in [1.29, 1.82) is 0 Å². The second kappa shape index (κ2) is 6.21. The number of aromatic nitrogens is 2. The van der Waals surface area contributed by atoms with E-state index in [1.165, 1.54) is 10.7 Å². The quantitative estimate of drug-likeness (QED) is 0.430. The summed E-state index contributed by atoms with van der Waals surface area (Å²) in [5.41, 5.74) is 1.31. The van der Waals surface area contributed by atoms with Crippen LogP contribution in [0.25, 0.3) is 0 Å². The number of halogens is 3. The molecule has 0 N–H and O–H groups in total. The smallest absolute Gasteiger partial charge is 0.313 e. The van der Waals surface area contributed by atoms with E-state index in [0.717, 1.165) is 17.3 Å². The van der Waals surface area contributed by atoms with Crippen molar-refractivity contribution < 1.29 is 9.66 Å². The summed E-state index contributed by atoms with van der Waals surface area (Å²) in [4.78, 5) is 10.5. The van der Waals surface area contributed by atoms with E-state index in [1.807, 2.05) is 6.92 Å². The summed E-state index contributed by atoms with van der Waals surface area (Å²) in [6.45, 7) is 1.83. The number of benzene rings is 1. The Balaban J connectivity index is 2.54. The van der Waals surface area contributed by atoms with E-state index in [4.69, 9.17) is 27.9 Å². The molecule has 0 aliphatic heterocycles. The van der Waals surface area contributed by atoms with Crippen LogP contribution in [-0.2, 0) is 12.4 Å². The molecule has 0 unspecified atom stereocenters. The van der Waals surface area contributed by atoms with Gasteiger partial charge in [-0.05, 0) is 6.92 Å². The fourth-order valence-electron chi connectivity index (χ4n) is 1.81. The number of aryl methyl sites for hydroxylation is 2. The first-order chi connectivity index (χ1) is 9.85. The molecule has 2 rings (SSSR count). The lowest BCUT2D eigenvalue weighted by Crippen LogP contribution is -1.99. The Morgan fingerprint density at radius 2 is 2.05 bits per heavy atom. The van der Waals surface area contributed by atoms with Gasteiger partial charge >= 0.3 is 5.69 Å². The highest BCUT2D eigenvalue weighted by Gasteiger charge is 2.22. The molecule has 0 aliphatic rings. The van der Waals surface area contributed by atoms with Crippen molar-refractivity contribution in [3.63, 3.8) is 0 Å². The van der Waals surface area contributed by atoms with Gasteiger partial charge in [0.05, 0.1) is 20.7 Å². The highest BCUT2D eigenvalue weighted by molar-refractivity contribution is 9.08. The van der Waals surface area contributed by atoms with Crippen molar-refractivity contribution in [3.05, 3.63) is 43.5 Å². The molecule has 1 aromatic heterocycles. The number of nitrogens with zero attached hydrogens (tertiary/aromatic N) is 3. The number of rotatable bonds is 4. The van der Waals surface area contributed by atoms with Gasteiger partial charge in [0.15, 0.2) is 0 Å². The lowest BCUT2D eigenvalue weighted by molar-refractivity contribution is -0.385. The first-order valence-corrected chi connectivity index (χ1v) is 7.62. The molecule has 1 heterocycles. The first-order valence-electron chi connectivity index (χ1n) is 5.74. The molecule has 1 aromatic carbocycles. The standard InChI is InChI=1S/C12H10BrCl2N3O3/c1-6-7(5-13)12(17(2)16-6)21-11-4-9(15)8(14)3-10(11)18(19)20/h3-4H,5H2,1-2H3. The third kappa shape index (κ3) is 3.14. The molecular weight excluding hydrogens is 385 g/mol. The third-order valence-electron chi connectivity index (χ3n) is 2.83. The van der Waals surface area contributed by atoms with Gasteiger partial charge < -0.3 is 4.74 Å². The Morgan fingerprint density at radius 1 is 1.43 bits per heavy atom. The van der Waals surface area contributed by atoms with E-state index < -0.39 is 4.92 Å². The molecule has 0 amide bonds. The summed E-state index contributed by atoms with van der Waals surface area (Å²) in [6, 6.07) is 2.48. The molecular formula is C12H10BrCl2N3O3. The fraction of sp³-hybridized carbons (Fsp3) is 0.250. The van der Waals surface area contributed by atoms with Gasteiger partial charge in [-0.3, -0.25) is 10.1 Å². The number of alkyl halides is 1. The number of ether oxygens (including phenoxy) is 1. The zero-order valence-corrected chi connectivity index (χ0v) is 14.2. The SMILES string of the molecule is Cc1nn(C)c(Oc2cc(Cl)c(Cl)cc2[N+](=O)[O-])c1CBr. The second-order valence-electron chi connectivity index (χ2n) is 4.22. The van der Waals surface area contributed by atoms with E-state index in [0.29, 0.717) is 11.2 Å². The molecule has 0 atom stereocenters. The number of nitro benzene ring substituents is 1. The zero-order chi connectivity index (χ0) is 15.7. The topological polar surface area (TPSA) is 70.2 Å². The minimum Gasteiger partial charge on any atom is -0.432 e. The van der Waals surface area contributed by atoms with E-state index in [2.05, 4.69) is 21.0 Å². The Bertz CT molecular complexity index is 718. The lowest BCUT2D eigenvalue weighted by Gasteiger charge is -2.09. The van der Waals surface area contributed by atoms with Gasteiger partial charge in [-0.25, -0.2) is 4.68 Å². The van der Waals surface area contributed by atoms with Crippen molar-refractivity contribution in [1.82, 2.24) is 9.78 Å². The summed E-state index contributed by atoms with van der Waals surface area (Å²) >= 11 is 15.1. The van der Waals surface area contributed by atoms with Crippen LogP contribution in [0.4, 0.5) is 5.69 Å². The van der Waals surface area contributed by atoms with Crippen molar-refractivity contribution in [2.24, 2.45) is 7.05 Å². The predicted molar refractivity (Wildman–Crippen MR) is 83.8 cm³/mol. The Kier molecular flexibility index (Phi) is 4.75. The monoisotopic (exact) mass is 393 g/mol. The maximum absolute atomic E-state index is 11.1. The molecule has 0 bridgehead atoms. The Morgan fingerprint density at radius 3 is 2.62 bits per heavy atom. The summed E-state index contributed by atoms with van der Waals surface area (Å²) in [5.74, 6) is 0.422. The van der Waals surface area contributed by atoms with Crippen LogP contribution in [0.5, 0.6) is 11.6 Å². The molecule has 0 radical (unpaired) electrons. The van der Waals surface area contributed by atoms with Crippen LogP contribution >= 0.6 is 39.1 Å². The highest BCUT2D eigenvalue weighted by atomic mass is 79.9. The number of hydrogen-bond acceptors (Lipinski definition) is 4. The van der Waals surface area contributed by atoms with Crippen LogP contribution in [-0.4, -0.2) is 14.7 Å². The average molecular weight is 395 g/mol. The predicted octanol–water partition coefficient (Wildman–Crippen LogP) is 4.63. The highest BCUT2D eigenvalue weighted by Crippen LogP contribution is 2.39. The maximum Gasteiger partial charge on any atom is 0.313 e. The van der Waals surface area contributed by atoms with E-state index in [1.54, 1.807) is 7.05 Å². The molecule has 0 spiro atoms. The van der Waals surface area contributed by atoms with Crippen molar-refractivity contribution in [2.45, 2.75) is 12.3 Å². The third-order valence-corrected chi connectivity index (χ3v) is 4.11. The summed E-state index contributed by atoms with van der Waals surface area (Å²) in [5, 5.41) is 16.1. The van der Waals surface area contributed by atoms with Crippen molar-refractivity contribution in [3.8, 4) is 11.6 Å². The van der Waals surface area contributed by atoms with Crippen LogP contribution in [0.2, 0.25) is 10.0 Å². The molecule has 21 heavy (non-hydrogen) atoms. The maximum atomic E-state index is 11.1. The first kappa shape index (κ1) is 16.1. The minimum absolute atomic E-state index is 0.0135. The number of hydrogen-bond donors (Lipinski definition) is 0. The largest absolute Gasteiger partial charge is 0.432 e. The van der Waals surface area contributed by atoms with E-state index >= 15 is 0 Å². The van der Waals surface area contributed by atoms with Gasteiger partial charge in [-0.15, -0.1) is 0 Å². The molecule has 0 fully saturated rings. The van der Waals surface area contributed by atoms with E-state index in [9.17, 15) is 10.1 Å². The van der Waals surface area contributed by atoms with E-state index in [-0.39, 0.29) is 21.5 Å². The molecule has 6 nitrogen and oxygen atoms in total. The van der Waals surface area contributed by atoms with Crippen LogP contribution in [0, 0.1) is 17.0 Å². The van der Waals surface area contributed by atoms with Gasteiger partial charge in [-0.1, -0.05) is 39.1 Å². The summed E-state index contributed by atoms with van der Waals surface area (Å²) in [6.07, 6.45) is 0. The van der Waals surface area contributed by atoms with Crippen molar-refractivity contribution >= 4 is 44.8 Å². The minimum atomic E-state index is -0.575. The Hall–Kier alpha value is -1.31. The summed E-state index contributed by atoms with van der Waals surface area (Å²) < 4.78 is 7.18. The summed E-state index contributed by atoms with van der Waals surface area (Å²) in [7, 11) is 1.69. The van der Waals surface area contributed by atoms with Gasteiger partial charge in [0, 0.05) is 30.1 Å².